The van der Waals surface area contributed by atoms with Crippen molar-refractivity contribution >= 4 is 22.2 Å². The molecule has 0 aliphatic rings. The second-order valence-electron chi connectivity index (χ2n) is 3.05. The van der Waals surface area contributed by atoms with Crippen LogP contribution < -0.4 is 4.74 Å². The second-order valence-corrected chi connectivity index (χ2v) is 3.90. The van der Waals surface area contributed by atoms with Crippen LogP contribution in [0.25, 0.3) is 5.69 Å². The fourth-order valence-electron chi connectivity index (χ4n) is 1.28. The van der Waals surface area contributed by atoms with E-state index in [4.69, 9.17) is 4.74 Å². The average molecular weight is 281 g/mol. The Bertz CT molecular complexity index is 496. The molecule has 0 fully saturated rings. The highest BCUT2D eigenvalue weighted by molar-refractivity contribution is 9.10. The first-order valence-electron chi connectivity index (χ1n) is 4.67. The predicted octanol–water partition coefficient (Wildman–Crippen LogP) is 2.21. The molecule has 1 aromatic carbocycles. The van der Waals surface area contributed by atoms with Gasteiger partial charge in [0, 0.05) is 4.47 Å². The van der Waals surface area contributed by atoms with Gasteiger partial charge in [-0.1, -0.05) is 12.1 Å². The molecule has 0 unspecified atom stereocenters. The highest BCUT2D eigenvalue weighted by Gasteiger charge is 2.04. The average Bonchev–Trinajstić information content (AvgIpc) is 2.75. The lowest BCUT2D eigenvalue weighted by Crippen LogP contribution is -1.97. The summed E-state index contributed by atoms with van der Waals surface area (Å²) in [4.78, 5) is 10.1. The molecule has 0 aliphatic carbocycles. The van der Waals surface area contributed by atoms with E-state index in [1.54, 1.807) is 17.1 Å². The van der Waals surface area contributed by atoms with E-state index in [1.165, 1.54) is 0 Å². The molecule has 0 amide bonds. The number of carbonyl (C=O) groups excluding carboxylic acids is 1. The summed E-state index contributed by atoms with van der Waals surface area (Å²) in [5.41, 5.74) is 0.920. The minimum atomic E-state index is 0.0433. The third-order valence-corrected chi connectivity index (χ3v) is 2.65. The van der Waals surface area contributed by atoms with Crippen molar-refractivity contribution in [3.05, 3.63) is 41.1 Å². The standard InChI is InChI=1S/C11H9BrN2O2/c12-10-3-1-2-4-11(10)14-8-9(7-13-14)16-6-5-15/h1-5,7-8H,6H2. The van der Waals surface area contributed by atoms with E-state index in [2.05, 4.69) is 21.0 Å². The van der Waals surface area contributed by atoms with Crippen molar-refractivity contribution < 1.29 is 9.53 Å². The van der Waals surface area contributed by atoms with Crippen molar-refractivity contribution in [1.29, 1.82) is 0 Å². The summed E-state index contributed by atoms with van der Waals surface area (Å²) in [5, 5.41) is 4.15. The summed E-state index contributed by atoms with van der Waals surface area (Å²) in [6.07, 6.45) is 4.00. The summed E-state index contributed by atoms with van der Waals surface area (Å²) in [5.74, 6) is 0.572. The van der Waals surface area contributed by atoms with Gasteiger partial charge >= 0.3 is 0 Å². The van der Waals surface area contributed by atoms with Crippen LogP contribution in [0.3, 0.4) is 0 Å². The van der Waals surface area contributed by atoms with E-state index in [0.717, 1.165) is 10.2 Å². The topological polar surface area (TPSA) is 44.1 Å². The maximum absolute atomic E-state index is 10.1. The number of rotatable bonds is 4. The van der Waals surface area contributed by atoms with Crippen LogP contribution >= 0.6 is 15.9 Å². The van der Waals surface area contributed by atoms with E-state index in [-0.39, 0.29) is 6.61 Å². The zero-order valence-electron chi connectivity index (χ0n) is 8.34. The van der Waals surface area contributed by atoms with Gasteiger partial charge in [0.1, 0.15) is 6.61 Å². The summed E-state index contributed by atoms with van der Waals surface area (Å²) < 4.78 is 7.76. The van der Waals surface area contributed by atoms with Crippen LogP contribution in [0.1, 0.15) is 0 Å². The van der Waals surface area contributed by atoms with Crippen molar-refractivity contribution in [3.63, 3.8) is 0 Å². The smallest absolute Gasteiger partial charge is 0.158 e. The fourth-order valence-corrected chi connectivity index (χ4v) is 1.75. The number of halogens is 1. The van der Waals surface area contributed by atoms with Gasteiger partial charge in [-0.25, -0.2) is 4.68 Å². The Morgan fingerprint density at radius 3 is 3.00 bits per heavy atom. The van der Waals surface area contributed by atoms with Crippen LogP contribution in [0.2, 0.25) is 0 Å². The van der Waals surface area contributed by atoms with Crippen LogP contribution in [-0.2, 0) is 4.79 Å². The molecule has 0 saturated heterocycles. The van der Waals surface area contributed by atoms with E-state index < -0.39 is 0 Å². The number of hydrogen-bond donors (Lipinski definition) is 0. The van der Waals surface area contributed by atoms with E-state index in [9.17, 15) is 4.79 Å². The van der Waals surface area contributed by atoms with Crippen LogP contribution in [0.15, 0.2) is 41.1 Å². The first kappa shape index (κ1) is 10.9. The van der Waals surface area contributed by atoms with E-state index in [1.807, 2.05) is 24.3 Å². The van der Waals surface area contributed by atoms with Crippen molar-refractivity contribution in [1.82, 2.24) is 9.78 Å². The third-order valence-electron chi connectivity index (χ3n) is 1.98. The van der Waals surface area contributed by atoms with Crippen molar-refractivity contribution in [3.8, 4) is 11.4 Å². The Hall–Kier alpha value is -1.62. The summed E-state index contributed by atoms with van der Waals surface area (Å²) in [6.45, 7) is 0.0433. The molecular formula is C11H9BrN2O2. The molecule has 1 heterocycles. The van der Waals surface area contributed by atoms with Gasteiger partial charge in [0.05, 0.1) is 18.1 Å². The summed E-state index contributed by atoms with van der Waals surface area (Å²) >= 11 is 3.44. The zero-order chi connectivity index (χ0) is 11.4. The minimum absolute atomic E-state index is 0.0433. The van der Waals surface area contributed by atoms with E-state index in [0.29, 0.717) is 12.0 Å². The van der Waals surface area contributed by atoms with Gasteiger partial charge < -0.3 is 4.74 Å². The fraction of sp³-hybridized carbons (Fsp3) is 0.0909. The van der Waals surface area contributed by atoms with Gasteiger partial charge in [0.2, 0.25) is 0 Å². The largest absolute Gasteiger partial charge is 0.483 e. The molecule has 0 N–H and O–H groups in total. The maximum Gasteiger partial charge on any atom is 0.158 e. The predicted molar refractivity (Wildman–Crippen MR) is 62.8 cm³/mol. The molecular weight excluding hydrogens is 272 g/mol. The number of para-hydroxylation sites is 1. The molecule has 2 aromatic rings. The highest BCUT2D eigenvalue weighted by atomic mass is 79.9. The lowest BCUT2D eigenvalue weighted by atomic mass is 10.3. The Morgan fingerprint density at radius 1 is 1.44 bits per heavy atom. The monoisotopic (exact) mass is 280 g/mol. The molecule has 0 saturated carbocycles. The molecule has 0 spiro atoms. The Labute approximate surface area is 101 Å². The number of benzene rings is 1. The molecule has 0 atom stereocenters. The maximum atomic E-state index is 10.1. The number of aromatic nitrogens is 2. The van der Waals surface area contributed by atoms with Crippen LogP contribution in [-0.4, -0.2) is 22.7 Å². The number of nitrogens with zero attached hydrogens (tertiary/aromatic N) is 2. The summed E-state index contributed by atoms with van der Waals surface area (Å²) in [6, 6.07) is 7.72. The zero-order valence-corrected chi connectivity index (χ0v) is 9.92. The van der Waals surface area contributed by atoms with Gasteiger partial charge in [-0.05, 0) is 28.1 Å². The molecule has 2 rings (SSSR count). The van der Waals surface area contributed by atoms with Crippen LogP contribution in [0.5, 0.6) is 5.75 Å². The molecule has 5 heteroatoms. The molecule has 16 heavy (non-hydrogen) atoms. The highest BCUT2D eigenvalue weighted by Crippen LogP contribution is 2.21. The quantitative estimate of drug-likeness (QED) is 0.807. The SMILES string of the molecule is O=CCOc1cnn(-c2ccccc2Br)c1. The van der Waals surface area contributed by atoms with Crippen LogP contribution in [0.4, 0.5) is 0 Å². The first-order chi connectivity index (χ1) is 7.81. The van der Waals surface area contributed by atoms with Gasteiger partial charge in [-0.2, -0.15) is 5.10 Å². The van der Waals surface area contributed by atoms with Crippen LogP contribution in [0, 0.1) is 0 Å². The molecule has 82 valence electrons. The second kappa shape index (κ2) is 4.94. The molecule has 1 aromatic heterocycles. The van der Waals surface area contributed by atoms with Crippen molar-refractivity contribution in [2.45, 2.75) is 0 Å². The lowest BCUT2D eigenvalue weighted by molar-refractivity contribution is -0.109. The number of hydrogen-bond acceptors (Lipinski definition) is 3. The van der Waals surface area contributed by atoms with Gasteiger partial charge in [0.25, 0.3) is 0 Å². The molecule has 0 bridgehead atoms. The molecule has 0 radical (unpaired) electrons. The normalized spacial score (nSPS) is 10.1. The lowest BCUT2D eigenvalue weighted by Gasteiger charge is -2.02. The number of aldehydes is 1. The first-order valence-corrected chi connectivity index (χ1v) is 5.46. The number of carbonyl (C=O) groups is 1. The van der Waals surface area contributed by atoms with Gasteiger partial charge in [0.15, 0.2) is 12.0 Å². The van der Waals surface area contributed by atoms with Gasteiger partial charge in [-0.15, -0.1) is 0 Å². The Morgan fingerprint density at radius 2 is 2.25 bits per heavy atom. The van der Waals surface area contributed by atoms with Crippen molar-refractivity contribution in [2.75, 3.05) is 6.61 Å². The molecule has 0 aliphatic heterocycles. The van der Waals surface area contributed by atoms with Gasteiger partial charge in [-0.3, -0.25) is 4.79 Å². The minimum Gasteiger partial charge on any atom is -0.483 e. The Kier molecular flexibility index (Phi) is 3.36. The molecule has 4 nitrogen and oxygen atoms in total. The van der Waals surface area contributed by atoms with Crippen molar-refractivity contribution in [2.24, 2.45) is 0 Å². The van der Waals surface area contributed by atoms with E-state index >= 15 is 0 Å². The number of ether oxygens (including phenoxy) is 1. The third kappa shape index (κ3) is 2.30. The Balaban J connectivity index is 2.25. The summed E-state index contributed by atoms with van der Waals surface area (Å²) in [7, 11) is 0.